The predicted octanol–water partition coefficient (Wildman–Crippen LogP) is 1.99. The molecule has 1 aromatic carbocycles. The zero-order valence-electron chi connectivity index (χ0n) is 7.03. The molecule has 0 heterocycles. The molecule has 0 amide bonds. The summed E-state index contributed by atoms with van der Waals surface area (Å²) in [5.41, 5.74) is 9.14. The first-order valence-electron chi connectivity index (χ1n) is 4.70. The second-order valence-electron chi connectivity index (χ2n) is 4.07. The van der Waals surface area contributed by atoms with Crippen molar-refractivity contribution in [3.05, 3.63) is 35.4 Å². The van der Waals surface area contributed by atoms with Gasteiger partial charge in [-0.2, -0.15) is 0 Å². The van der Waals surface area contributed by atoms with E-state index >= 15 is 0 Å². The molecule has 1 aromatic rings. The van der Waals surface area contributed by atoms with Crippen LogP contribution in [0.15, 0.2) is 24.3 Å². The van der Waals surface area contributed by atoms with Crippen molar-refractivity contribution >= 4 is 0 Å². The van der Waals surface area contributed by atoms with E-state index in [-0.39, 0.29) is 0 Å². The average Bonchev–Trinajstić information content (AvgIpc) is 2.62. The topological polar surface area (TPSA) is 26.0 Å². The number of nitrogens with two attached hydrogens (primary N) is 1. The molecule has 1 fully saturated rings. The van der Waals surface area contributed by atoms with Gasteiger partial charge < -0.3 is 5.73 Å². The zero-order valence-corrected chi connectivity index (χ0v) is 7.03. The maximum atomic E-state index is 6.03. The van der Waals surface area contributed by atoms with E-state index in [2.05, 4.69) is 24.3 Å². The van der Waals surface area contributed by atoms with Gasteiger partial charge in [-0.15, -0.1) is 0 Å². The van der Waals surface area contributed by atoms with Gasteiger partial charge in [0.2, 0.25) is 0 Å². The third-order valence-electron chi connectivity index (χ3n) is 3.45. The molecule has 1 nitrogen and oxygen atoms in total. The summed E-state index contributed by atoms with van der Waals surface area (Å²) in [5, 5.41) is 0. The zero-order chi connectivity index (χ0) is 8.13. The summed E-state index contributed by atoms with van der Waals surface area (Å²) < 4.78 is 0. The van der Waals surface area contributed by atoms with Gasteiger partial charge in [-0.1, -0.05) is 24.3 Å². The van der Waals surface area contributed by atoms with Crippen molar-refractivity contribution in [2.45, 2.75) is 30.7 Å². The quantitative estimate of drug-likeness (QED) is 0.615. The lowest BCUT2D eigenvalue weighted by molar-refractivity contribution is 0.595. The van der Waals surface area contributed by atoms with E-state index in [9.17, 15) is 0 Å². The summed E-state index contributed by atoms with van der Waals surface area (Å²) in [6.45, 7) is 0. The molecule has 3 rings (SSSR count). The average molecular weight is 159 g/mol. The van der Waals surface area contributed by atoms with Crippen LogP contribution in [0.2, 0.25) is 0 Å². The van der Waals surface area contributed by atoms with Gasteiger partial charge in [-0.3, -0.25) is 0 Å². The number of rotatable bonds is 0. The Morgan fingerprint density at radius 3 is 2.67 bits per heavy atom. The second-order valence-corrected chi connectivity index (χ2v) is 4.07. The van der Waals surface area contributed by atoms with Crippen LogP contribution in [0, 0.1) is 0 Å². The van der Waals surface area contributed by atoms with E-state index in [1.165, 1.54) is 18.4 Å². The van der Waals surface area contributed by atoms with E-state index in [0.29, 0.717) is 12.0 Å². The molecule has 2 bridgehead atoms. The molecule has 0 unspecified atom stereocenters. The predicted molar refractivity (Wildman–Crippen MR) is 49.1 cm³/mol. The highest BCUT2D eigenvalue weighted by atomic mass is 14.7. The number of hydrogen-bond acceptors (Lipinski definition) is 1. The fraction of sp³-hybridized carbons (Fsp3) is 0.455. The summed E-state index contributed by atoms with van der Waals surface area (Å²) in [6, 6.07) is 9.23. The molecule has 1 heteroatoms. The fourth-order valence-corrected chi connectivity index (χ4v) is 2.90. The van der Waals surface area contributed by atoms with Gasteiger partial charge in [0.15, 0.2) is 0 Å². The van der Waals surface area contributed by atoms with Crippen molar-refractivity contribution in [1.82, 2.24) is 0 Å². The van der Waals surface area contributed by atoms with Crippen molar-refractivity contribution in [1.29, 1.82) is 0 Å². The van der Waals surface area contributed by atoms with Gasteiger partial charge in [0.05, 0.1) is 0 Å². The molecular weight excluding hydrogens is 146 g/mol. The molecule has 2 aliphatic rings. The molecule has 12 heavy (non-hydrogen) atoms. The lowest BCUT2D eigenvalue weighted by Gasteiger charge is -2.20. The summed E-state index contributed by atoms with van der Waals surface area (Å²) in [7, 11) is 0. The number of hydrogen-bond donors (Lipinski definition) is 1. The maximum absolute atomic E-state index is 6.03. The lowest BCUT2D eigenvalue weighted by atomic mass is 9.89. The fourth-order valence-electron chi connectivity index (χ4n) is 2.90. The lowest BCUT2D eigenvalue weighted by Crippen LogP contribution is -2.25. The Kier molecular flexibility index (Phi) is 1.17. The van der Waals surface area contributed by atoms with Crippen LogP contribution < -0.4 is 5.73 Å². The second kappa shape index (κ2) is 2.11. The molecule has 1 saturated carbocycles. The SMILES string of the molecule is N[C@H]1C[C@H]2C[C@H]1c1ccccc12. The van der Waals surface area contributed by atoms with Crippen molar-refractivity contribution < 1.29 is 0 Å². The standard InChI is InChI=1S/C11H13N/c12-11-6-7-5-10(11)9-4-2-1-3-8(7)9/h1-4,7,10-11H,5-6,12H2/t7-,10+,11+/m1/s1. The summed E-state index contributed by atoms with van der Waals surface area (Å²) in [4.78, 5) is 0. The summed E-state index contributed by atoms with van der Waals surface area (Å²) >= 11 is 0. The molecule has 0 aromatic heterocycles. The van der Waals surface area contributed by atoms with E-state index in [4.69, 9.17) is 5.73 Å². The van der Waals surface area contributed by atoms with Crippen LogP contribution in [-0.2, 0) is 0 Å². The normalized spacial score (nSPS) is 36.9. The third kappa shape index (κ3) is 0.674. The van der Waals surface area contributed by atoms with Gasteiger partial charge in [0.25, 0.3) is 0 Å². The minimum Gasteiger partial charge on any atom is -0.327 e. The van der Waals surface area contributed by atoms with Crippen LogP contribution in [0.1, 0.15) is 35.8 Å². The Morgan fingerprint density at radius 1 is 1.08 bits per heavy atom. The van der Waals surface area contributed by atoms with Crippen LogP contribution >= 0.6 is 0 Å². The summed E-state index contributed by atoms with van der Waals surface area (Å²) in [5.74, 6) is 1.45. The Hall–Kier alpha value is -0.820. The van der Waals surface area contributed by atoms with Crippen LogP contribution in [0.25, 0.3) is 0 Å². The smallest absolute Gasteiger partial charge is 0.0114 e. The largest absolute Gasteiger partial charge is 0.327 e. The van der Waals surface area contributed by atoms with Gasteiger partial charge in [0.1, 0.15) is 0 Å². The van der Waals surface area contributed by atoms with Crippen LogP contribution in [0.5, 0.6) is 0 Å². The molecule has 0 radical (unpaired) electrons. The highest BCUT2D eigenvalue weighted by molar-refractivity contribution is 5.42. The van der Waals surface area contributed by atoms with Crippen molar-refractivity contribution in [2.75, 3.05) is 0 Å². The first kappa shape index (κ1) is 6.67. The molecule has 3 atom stereocenters. The monoisotopic (exact) mass is 159 g/mol. The molecule has 0 saturated heterocycles. The molecule has 0 spiro atoms. The van der Waals surface area contributed by atoms with Gasteiger partial charge in [-0.05, 0) is 35.8 Å². The van der Waals surface area contributed by atoms with E-state index < -0.39 is 0 Å². The summed E-state index contributed by atoms with van der Waals surface area (Å²) in [6.07, 6.45) is 2.52. The molecular formula is C11H13N. The Morgan fingerprint density at radius 2 is 1.83 bits per heavy atom. The first-order chi connectivity index (χ1) is 5.86. The molecule has 2 N–H and O–H groups in total. The van der Waals surface area contributed by atoms with Gasteiger partial charge in [0, 0.05) is 6.04 Å². The molecule has 0 aliphatic heterocycles. The maximum Gasteiger partial charge on any atom is 0.0114 e. The van der Waals surface area contributed by atoms with Gasteiger partial charge >= 0.3 is 0 Å². The minimum absolute atomic E-state index is 0.435. The minimum atomic E-state index is 0.435. The van der Waals surface area contributed by atoms with Gasteiger partial charge in [-0.25, -0.2) is 0 Å². The third-order valence-corrected chi connectivity index (χ3v) is 3.45. The number of fused-ring (bicyclic) bond motifs is 5. The van der Waals surface area contributed by atoms with Crippen molar-refractivity contribution in [3.8, 4) is 0 Å². The molecule has 2 aliphatic carbocycles. The highest BCUT2D eigenvalue weighted by Gasteiger charge is 2.41. The van der Waals surface area contributed by atoms with E-state index in [1.54, 1.807) is 5.56 Å². The van der Waals surface area contributed by atoms with E-state index in [0.717, 1.165) is 5.92 Å². The Bertz CT molecular complexity index is 319. The Balaban J connectivity index is 2.17. The molecule has 62 valence electrons. The van der Waals surface area contributed by atoms with Crippen LogP contribution in [0.3, 0.4) is 0 Å². The first-order valence-corrected chi connectivity index (χ1v) is 4.70. The Labute approximate surface area is 72.6 Å². The number of benzene rings is 1. The van der Waals surface area contributed by atoms with Crippen molar-refractivity contribution in [2.24, 2.45) is 5.73 Å². The van der Waals surface area contributed by atoms with E-state index in [1.807, 2.05) is 0 Å². The van der Waals surface area contributed by atoms with Crippen LogP contribution in [-0.4, -0.2) is 6.04 Å². The highest BCUT2D eigenvalue weighted by Crippen LogP contribution is 2.51. The van der Waals surface area contributed by atoms with Crippen molar-refractivity contribution in [3.63, 3.8) is 0 Å². The van der Waals surface area contributed by atoms with Crippen LogP contribution in [0.4, 0.5) is 0 Å².